The summed E-state index contributed by atoms with van der Waals surface area (Å²) in [5, 5.41) is 20.2. The number of rotatable bonds is 2. The quantitative estimate of drug-likeness (QED) is 0.331. The third kappa shape index (κ3) is 1.58. The van der Waals surface area contributed by atoms with Crippen molar-refractivity contribution in [2.24, 2.45) is 10.3 Å². The Bertz CT molecular complexity index is 239. The molecule has 0 aromatic carbocycles. The first-order chi connectivity index (χ1) is 4.79. The molecule has 1 heterocycles. The molecular formula is C2N5O3. The van der Waals surface area contributed by atoms with Gasteiger partial charge in [-0.05, 0) is 5.16 Å². The van der Waals surface area contributed by atoms with Gasteiger partial charge in [-0.1, -0.05) is 0 Å². The predicted molar refractivity (Wildman–Crippen MR) is 24.6 cm³/mol. The van der Waals surface area contributed by atoms with E-state index in [1.165, 1.54) is 0 Å². The molecule has 0 unspecified atom stereocenters. The topological polar surface area (TPSA) is 107 Å². The molecule has 0 bridgehead atoms. The SMILES string of the molecule is O=[N+]([O-])/N=N/c1[c]non1. The summed E-state index contributed by atoms with van der Waals surface area (Å²) in [4.78, 5) is 9.55. The Morgan fingerprint density at radius 1 is 1.80 bits per heavy atom. The van der Waals surface area contributed by atoms with Gasteiger partial charge in [0.2, 0.25) is 6.20 Å². The molecule has 0 aliphatic heterocycles. The maximum atomic E-state index is 9.55. The summed E-state index contributed by atoms with van der Waals surface area (Å²) in [6, 6.07) is 0. The largest absolute Gasteiger partial charge is 0.363 e. The van der Waals surface area contributed by atoms with Gasteiger partial charge < -0.3 is 10.1 Å². The first-order valence-electron chi connectivity index (χ1n) is 2.05. The van der Waals surface area contributed by atoms with Gasteiger partial charge in [0, 0.05) is 5.16 Å². The third-order valence-electron chi connectivity index (χ3n) is 0.526. The van der Waals surface area contributed by atoms with Crippen LogP contribution in [0, 0.1) is 16.3 Å². The standard InChI is InChI=1S/C2N5O3/c8-7(9)6-4-2-1-3-10-5-2/b6-4+. The molecule has 0 N–H and O–H groups in total. The van der Waals surface area contributed by atoms with Gasteiger partial charge in [-0.3, -0.25) is 0 Å². The number of nitro groups is 1. The zero-order chi connectivity index (χ0) is 7.40. The van der Waals surface area contributed by atoms with Crippen molar-refractivity contribution in [1.82, 2.24) is 10.3 Å². The highest BCUT2D eigenvalue weighted by Gasteiger charge is 2.02. The summed E-state index contributed by atoms with van der Waals surface area (Å²) in [5.41, 5.74) is 0. The van der Waals surface area contributed by atoms with Gasteiger partial charge in [-0.15, -0.1) is 0 Å². The molecule has 1 aromatic heterocycles. The Morgan fingerprint density at radius 3 is 3.10 bits per heavy atom. The van der Waals surface area contributed by atoms with Crippen molar-refractivity contribution in [2.75, 3.05) is 0 Å². The van der Waals surface area contributed by atoms with Crippen LogP contribution in [0.3, 0.4) is 0 Å². The molecular weight excluding hydrogens is 142 g/mol. The second kappa shape index (κ2) is 2.62. The number of hydrogen-bond donors (Lipinski definition) is 0. The van der Waals surface area contributed by atoms with E-state index in [2.05, 4.69) is 31.5 Å². The molecule has 8 heteroatoms. The number of hydrogen-bond acceptors (Lipinski definition) is 6. The van der Waals surface area contributed by atoms with Crippen LogP contribution in [0.2, 0.25) is 0 Å². The smallest absolute Gasteiger partial charge is 0.337 e. The molecule has 51 valence electrons. The average Bonchev–Trinajstić information content (AvgIpc) is 2.34. The molecule has 1 radical (unpaired) electrons. The van der Waals surface area contributed by atoms with Crippen LogP contribution in [-0.2, 0) is 0 Å². The zero-order valence-corrected chi connectivity index (χ0v) is 4.46. The average molecular weight is 142 g/mol. The molecule has 0 saturated carbocycles. The van der Waals surface area contributed by atoms with Crippen molar-refractivity contribution in [3.8, 4) is 0 Å². The Morgan fingerprint density at radius 2 is 2.60 bits per heavy atom. The Hall–Kier alpha value is -1.86. The van der Waals surface area contributed by atoms with Crippen LogP contribution in [0.5, 0.6) is 0 Å². The van der Waals surface area contributed by atoms with E-state index < -0.39 is 5.03 Å². The minimum absolute atomic E-state index is 0.156. The first-order valence-corrected chi connectivity index (χ1v) is 2.05. The van der Waals surface area contributed by atoms with E-state index in [0.717, 1.165) is 0 Å². The molecule has 0 saturated heterocycles. The number of aromatic nitrogens is 2. The molecule has 10 heavy (non-hydrogen) atoms. The lowest BCUT2D eigenvalue weighted by Crippen LogP contribution is -1.80. The fraction of sp³-hybridized carbons (Fsp3) is 0. The van der Waals surface area contributed by atoms with E-state index in [4.69, 9.17) is 0 Å². The van der Waals surface area contributed by atoms with E-state index in [1.807, 2.05) is 0 Å². The van der Waals surface area contributed by atoms with Crippen LogP contribution >= 0.6 is 0 Å². The zero-order valence-electron chi connectivity index (χ0n) is 4.46. The van der Waals surface area contributed by atoms with Crippen molar-refractivity contribution in [1.29, 1.82) is 0 Å². The maximum absolute atomic E-state index is 9.55. The fourth-order valence-electron chi connectivity index (χ4n) is 0.260. The van der Waals surface area contributed by atoms with Crippen LogP contribution in [0.15, 0.2) is 15.0 Å². The van der Waals surface area contributed by atoms with E-state index in [-0.39, 0.29) is 5.82 Å². The highest BCUT2D eigenvalue weighted by molar-refractivity contribution is 5.13. The summed E-state index contributed by atoms with van der Waals surface area (Å²) in [6.07, 6.45) is 2.10. The van der Waals surface area contributed by atoms with Gasteiger partial charge in [-0.2, -0.15) is 0 Å². The Balaban J connectivity index is 2.64. The summed E-state index contributed by atoms with van der Waals surface area (Å²) in [5.74, 6) is -0.156. The monoisotopic (exact) mass is 142 g/mol. The van der Waals surface area contributed by atoms with Gasteiger partial charge >= 0.3 is 5.82 Å². The molecule has 0 aliphatic carbocycles. The summed E-state index contributed by atoms with van der Waals surface area (Å²) in [7, 11) is 0. The van der Waals surface area contributed by atoms with E-state index in [0.29, 0.717) is 0 Å². The second-order valence-corrected chi connectivity index (χ2v) is 1.13. The van der Waals surface area contributed by atoms with Crippen LogP contribution in [-0.4, -0.2) is 15.3 Å². The van der Waals surface area contributed by atoms with Gasteiger partial charge in [-0.25, -0.2) is 4.63 Å². The third-order valence-corrected chi connectivity index (χ3v) is 0.526. The maximum Gasteiger partial charge on any atom is 0.363 e. The lowest BCUT2D eigenvalue weighted by atomic mass is 10.8. The van der Waals surface area contributed by atoms with Gasteiger partial charge in [0.1, 0.15) is 5.11 Å². The molecule has 8 nitrogen and oxygen atoms in total. The van der Waals surface area contributed by atoms with Gasteiger partial charge in [0.15, 0.2) is 5.22 Å². The Labute approximate surface area is 53.6 Å². The van der Waals surface area contributed by atoms with Gasteiger partial charge in [0.05, 0.1) is 5.03 Å². The van der Waals surface area contributed by atoms with Crippen molar-refractivity contribution < 1.29 is 9.66 Å². The minimum Gasteiger partial charge on any atom is -0.337 e. The summed E-state index contributed by atoms with van der Waals surface area (Å²) < 4.78 is 4.01. The van der Waals surface area contributed by atoms with E-state index in [1.54, 1.807) is 0 Å². The predicted octanol–water partition coefficient (Wildman–Crippen LogP) is 0.145. The highest BCUT2D eigenvalue weighted by atomic mass is 16.7. The van der Waals surface area contributed by atoms with E-state index >= 15 is 0 Å². The lowest BCUT2D eigenvalue weighted by molar-refractivity contribution is -0.493. The van der Waals surface area contributed by atoms with Crippen molar-refractivity contribution >= 4 is 5.82 Å². The molecule has 0 amide bonds. The van der Waals surface area contributed by atoms with Crippen LogP contribution in [0.25, 0.3) is 0 Å². The highest BCUT2D eigenvalue weighted by Crippen LogP contribution is 2.01. The minimum atomic E-state index is -0.970. The van der Waals surface area contributed by atoms with Crippen molar-refractivity contribution in [3.63, 3.8) is 0 Å². The molecule has 0 aliphatic rings. The molecule has 0 spiro atoms. The molecule has 0 atom stereocenters. The summed E-state index contributed by atoms with van der Waals surface area (Å²) in [6.45, 7) is 0. The Kier molecular flexibility index (Phi) is 1.64. The molecule has 0 fully saturated rings. The number of nitrogens with zero attached hydrogens (tertiary/aromatic N) is 5. The normalized spacial score (nSPS) is 10.4. The molecule has 1 rings (SSSR count). The second-order valence-electron chi connectivity index (χ2n) is 1.13. The van der Waals surface area contributed by atoms with Crippen molar-refractivity contribution in [2.45, 2.75) is 0 Å². The molecule has 1 aromatic rings. The van der Waals surface area contributed by atoms with Crippen LogP contribution in [0.1, 0.15) is 0 Å². The van der Waals surface area contributed by atoms with Crippen LogP contribution < -0.4 is 0 Å². The fourth-order valence-corrected chi connectivity index (χ4v) is 0.260. The lowest BCUT2D eigenvalue weighted by Gasteiger charge is -1.72. The summed E-state index contributed by atoms with van der Waals surface area (Å²) >= 11 is 0. The van der Waals surface area contributed by atoms with Crippen LogP contribution in [0.4, 0.5) is 5.82 Å². The first kappa shape index (κ1) is 6.26. The van der Waals surface area contributed by atoms with Crippen molar-refractivity contribution in [3.05, 3.63) is 16.3 Å². The van der Waals surface area contributed by atoms with Gasteiger partial charge in [0.25, 0.3) is 0 Å². The van der Waals surface area contributed by atoms with E-state index in [9.17, 15) is 10.1 Å².